The minimum atomic E-state index is -0.380. The largest absolute Gasteiger partial charge is 0.456 e. The molecule has 2 heterocycles. The Kier molecular flexibility index (Phi) is 9.70. The second-order valence-electron chi connectivity index (χ2n) is 16.6. The van der Waals surface area contributed by atoms with Gasteiger partial charge in [0, 0.05) is 51.1 Å². The van der Waals surface area contributed by atoms with Crippen LogP contribution < -0.4 is 4.74 Å². The van der Waals surface area contributed by atoms with Crippen LogP contribution in [0.4, 0.5) is 0 Å². The molecule has 4 atom stereocenters. The lowest BCUT2D eigenvalue weighted by Gasteiger charge is -2.44. The Labute approximate surface area is 369 Å². The SMILES string of the molecule is C=C/C=C\C(=C/C)c1nc(-c2ccc(-c3ccccc3)cc2)nc(-c2cccc(C3=CC=CC(c4cccc5c4Oc4ccccc4C54c5ccccc5C5C=CC=CC54)C3)c2)n1. The van der Waals surface area contributed by atoms with E-state index < -0.39 is 0 Å². The zero-order valence-electron chi connectivity index (χ0n) is 35.1. The molecule has 0 saturated carbocycles. The summed E-state index contributed by atoms with van der Waals surface area (Å²) in [5, 5.41) is 0. The van der Waals surface area contributed by atoms with Crippen molar-refractivity contribution in [1.29, 1.82) is 0 Å². The van der Waals surface area contributed by atoms with E-state index in [0.29, 0.717) is 17.5 Å². The van der Waals surface area contributed by atoms with E-state index >= 15 is 0 Å². The number of hydrogen-bond donors (Lipinski definition) is 0. The van der Waals surface area contributed by atoms with Crippen LogP contribution in [0, 0.1) is 5.92 Å². The van der Waals surface area contributed by atoms with Crippen molar-refractivity contribution in [3.05, 3.63) is 258 Å². The third kappa shape index (κ3) is 6.49. The van der Waals surface area contributed by atoms with Crippen LogP contribution in [-0.4, -0.2) is 15.0 Å². The van der Waals surface area contributed by atoms with Crippen LogP contribution in [0.1, 0.15) is 64.4 Å². The molecule has 3 aliphatic carbocycles. The van der Waals surface area contributed by atoms with E-state index in [2.05, 4.69) is 189 Å². The second-order valence-corrected chi connectivity index (χ2v) is 16.6. The summed E-state index contributed by atoms with van der Waals surface area (Å²) in [4.78, 5) is 15.2. The van der Waals surface area contributed by atoms with Gasteiger partial charge in [0.15, 0.2) is 17.5 Å². The molecule has 0 bridgehead atoms. The number of ether oxygens (including phenoxy) is 1. The van der Waals surface area contributed by atoms with Crippen molar-refractivity contribution in [2.24, 2.45) is 5.92 Å². The number of para-hydroxylation sites is 2. The van der Waals surface area contributed by atoms with Gasteiger partial charge in [0.05, 0.1) is 5.41 Å². The molecule has 4 nitrogen and oxygen atoms in total. The molecule has 7 aromatic rings. The van der Waals surface area contributed by atoms with Crippen LogP contribution in [0.3, 0.4) is 0 Å². The summed E-state index contributed by atoms with van der Waals surface area (Å²) in [5.41, 5.74) is 13.5. The van der Waals surface area contributed by atoms with Crippen molar-refractivity contribution < 1.29 is 4.74 Å². The van der Waals surface area contributed by atoms with E-state index in [1.165, 1.54) is 39.0 Å². The van der Waals surface area contributed by atoms with Gasteiger partial charge in [-0.05, 0) is 58.9 Å². The molecule has 0 radical (unpaired) electrons. The maximum Gasteiger partial charge on any atom is 0.164 e. The molecule has 0 fully saturated rings. The number of allylic oxidation sites excluding steroid dienone is 13. The van der Waals surface area contributed by atoms with E-state index in [4.69, 9.17) is 19.7 Å². The summed E-state index contributed by atoms with van der Waals surface area (Å²) in [6.07, 6.45) is 24.5. The summed E-state index contributed by atoms with van der Waals surface area (Å²) in [6, 6.07) is 52.0. The first-order valence-electron chi connectivity index (χ1n) is 21.8. The first kappa shape index (κ1) is 38.2. The van der Waals surface area contributed by atoms with Gasteiger partial charge in [0.1, 0.15) is 11.5 Å². The molecule has 0 amide bonds. The van der Waals surface area contributed by atoms with Gasteiger partial charge in [0.2, 0.25) is 0 Å². The van der Waals surface area contributed by atoms with Crippen molar-refractivity contribution in [2.45, 2.75) is 30.6 Å². The Hall–Kier alpha value is -7.69. The molecule has 302 valence electrons. The van der Waals surface area contributed by atoms with Gasteiger partial charge in [-0.2, -0.15) is 0 Å². The van der Waals surface area contributed by atoms with Gasteiger partial charge in [-0.15, -0.1) is 0 Å². The minimum Gasteiger partial charge on any atom is -0.456 e. The lowest BCUT2D eigenvalue weighted by molar-refractivity contribution is 0.370. The highest BCUT2D eigenvalue weighted by molar-refractivity contribution is 5.78. The summed E-state index contributed by atoms with van der Waals surface area (Å²) in [5.74, 6) is 4.38. The highest BCUT2D eigenvalue weighted by atomic mass is 16.5. The van der Waals surface area contributed by atoms with Crippen molar-refractivity contribution in [3.8, 4) is 45.4 Å². The highest BCUT2D eigenvalue weighted by Gasteiger charge is 2.56. The average molecular weight is 812 g/mol. The van der Waals surface area contributed by atoms with Crippen LogP contribution in [0.2, 0.25) is 0 Å². The number of benzene rings is 6. The monoisotopic (exact) mass is 811 g/mol. The highest BCUT2D eigenvalue weighted by Crippen LogP contribution is 2.65. The molecule has 0 N–H and O–H groups in total. The van der Waals surface area contributed by atoms with Gasteiger partial charge < -0.3 is 4.74 Å². The lowest BCUT2D eigenvalue weighted by atomic mass is 9.61. The quantitative estimate of drug-likeness (QED) is 0.143. The zero-order valence-corrected chi connectivity index (χ0v) is 35.1. The Bertz CT molecular complexity index is 3110. The fourth-order valence-electron chi connectivity index (χ4n) is 10.3. The van der Waals surface area contributed by atoms with Gasteiger partial charge in [-0.3, -0.25) is 0 Å². The normalized spacial score (nSPS) is 20.4. The predicted molar refractivity (Wildman–Crippen MR) is 257 cm³/mol. The Morgan fingerprint density at radius 2 is 1.29 bits per heavy atom. The third-order valence-electron chi connectivity index (χ3n) is 13.2. The lowest BCUT2D eigenvalue weighted by Crippen LogP contribution is -2.38. The molecule has 4 heteroatoms. The van der Waals surface area contributed by atoms with E-state index in [9.17, 15) is 0 Å². The number of aromatic nitrogens is 3. The predicted octanol–water partition coefficient (Wildman–Crippen LogP) is 14.4. The van der Waals surface area contributed by atoms with Crippen LogP contribution >= 0.6 is 0 Å². The van der Waals surface area contributed by atoms with E-state index in [-0.39, 0.29) is 23.2 Å². The number of hydrogen-bond acceptors (Lipinski definition) is 4. The van der Waals surface area contributed by atoms with Gasteiger partial charge >= 0.3 is 0 Å². The fourth-order valence-corrected chi connectivity index (χ4v) is 10.3. The minimum absolute atomic E-state index is 0.100. The molecule has 1 spiro atoms. The van der Waals surface area contributed by atoms with E-state index in [1.54, 1.807) is 6.08 Å². The summed E-state index contributed by atoms with van der Waals surface area (Å²) >= 11 is 0. The molecule has 1 aromatic heterocycles. The maximum absolute atomic E-state index is 7.07. The van der Waals surface area contributed by atoms with Crippen molar-refractivity contribution >= 4 is 11.1 Å². The van der Waals surface area contributed by atoms with Crippen molar-refractivity contribution in [1.82, 2.24) is 15.0 Å². The summed E-state index contributed by atoms with van der Waals surface area (Å²) in [7, 11) is 0. The number of rotatable bonds is 8. The molecular weight excluding hydrogens is 767 g/mol. The molecule has 1 aliphatic heterocycles. The zero-order chi connectivity index (χ0) is 42.3. The first-order valence-corrected chi connectivity index (χ1v) is 21.8. The molecule has 4 aliphatic rings. The van der Waals surface area contributed by atoms with E-state index in [0.717, 1.165) is 45.7 Å². The topological polar surface area (TPSA) is 47.9 Å². The van der Waals surface area contributed by atoms with Crippen molar-refractivity contribution in [3.63, 3.8) is 0 Å². The van der Waals surface area contributed by atoms with Crippen LogP contribution in [0.5, 0.6) is 11.5 Å². The van der Waals surface area contributed by atoms with Gasteiger partial charge in [-0.1, -0.05) is 207 Å². The van der Waals surface area contributed by atoms with Crippen LogP contribution in [0.15, 0.2) is 219 Å². The standard InChI is InChI=1S/C59H45N3O/c1-3-5-18-39(4-2)56-60-57(42-35-33-41(34-36-42)40-19-7-6-8-20-40)62-58(61-56)46-24-16-22-44(38-46)43-21-15-23-45(37-43)47-27-17-31-53-55(47)63-54-32-14-13-30-52(54)59(53)50-28-11-9-25-48(50)49-26-10-12-29-51(49)59/h3-36,38,45,48,50H,1,37H2,2H3/b18-5-,39-4+. The van der Waals surface area contributed by atoms with E-state index in [1.807, 2.05) is 31.2 Å². The molecule has 63 heavy (non-hydrogen) atoms. The molecule has 4 unspecified atom stereocenters. The summed E-state index contributed by atoms with van der Waals surface area (Å²) < 4.78 is 7.07. The van der Waals surface area contributed by atoms with Gasteiger partial charge in [-0.25, -0.2) is 15.0 Å². The van der Waals surface area contributed by atoms with Crippen LogP contribution in [-0.2, 0) is 5.41 Å². The van der Waals surface area contributed by atoms with Crippen molar-refractivity contribution in [2.75, 3.05) is 0 Å². The van der Waals surface area contributed by atoms with Crippen LogP contribution in [0.25, 0.3) is 45.0 Å². The Morgan fingerprint density at radius 3 is 2.13 bits per heavy atom. The number of nitrogens with zero attached hydrogens (tertiary/aromatic N) is 3. The fraction of sp³-hybridized carbons (Fsp3) is 0.102. The second kappa shape index (κ2) is 16.0. The average Bonchev–Trinajstić information content (AvgIpc) is 3.65. The molecular formula is C59H45N3O. The summed E-state index contributed by atoms with van der Waals surface area (Å²) in [6.45, 7) is 5.89. The van der Waals surface area contributed by atoms with Gasteiger partial charge in [0.25, 0.3) is 0 Å². The maximum atomic E-state index is 7.07. The third-order valence-corrected chi connectivity index (χ3v) is 13.2. The first-order chi connectivity index (χ1) is 31.1. The Morgan fingerprint density at radius 1 is 0.619 bits per heavy atom. The molecule has 6 aromatic carbocycles. The smallest absolute Gasteiger partial charge is 0.164 e. The molecule has 11 rings (SSSR count). The number of fused-ring (bicyclic) bond motifs is 9. The molecule has 0 saturated heterocycles. The Balaban J connectivity index is 0.958.